The molecule has 0 saturated heterocycles. The second-order valence-corrected chi connectivity index (χ2v) is 6.30. The third-order valence-corrected chi connectivity index (χ3v) is 3.74. The van der Waals surface area contributed by atoms with Gasteiger partial charge in [0.2, 0.25) is 5.91 Å². The van der Waals surface area contributed by atoms with E-state index in [1.54, 1.807) is 0 Å². The minimum absolute atomic E-state index is 0.0192. The van der Waals surface area contributed by atoms with Gasteiger partial charge in [-0.15, -0.1) is 0 Å². The monoisotopic (exact) mass is 385 g/mol. The molecule has 0 heterocycles. The lowest BCUT2D eigenvalue weighted by Gasteiger charge is -2.08. The quantitative estimate of drug-likeness (QED) is 0.157. The van der Waals surface area contributed by atoms with Gasteiger partial charge in [0.1, 0.15) is 0 Å². The van der Waals surface area contributed by atoms with E-state index in [-0.39, 0.29) is 37.2 Å². The molecule has 1 aromatic rings. The standard InChI is InChI=1S/C13H15N5O7S/c14-18-17-9-5-8(6-10(7-9)26(23,24)25)13(22)16-4-3-15-11(19)1-2-12(20)21/h5-7H,1-4H2,(H,15,19)(H,16,22)(H,20,21)(H,23,24,25). The summed E-state index contributed by atoms with van der Waals surface area (Å²) in [6, 6.07) is 2.91. The fraction of sp³-hybridized carbons (Fsp3) is 0.308. The predicted octanol–water partition coefficient (Wildman–Crippen LogP) is 0.586. The Balaban J connectivity index is 2.69. The van der Waals surface area contributed by atoms with Crippen molar-refractivity contribution in [2.45, 2.75) is 17.7 Å². The van der Waals surface area contributed by atoms with Gasteiger partial charge in [-0.3, -0.25) is 18.9 Å². The number of carbonyl (C=O) groups excluding carboxylic acids is 2. The molecule has 0 aliphatic heterocycles. The van der Waals surface area contributed by atoms with Crippen molar-refractivity contribution in [1.82, 2.24) is 10.6 Å². The van der Waals surface area contributed by atoms with Gasteiger partial charge in [0.05, 0.1) is 11.3 Å². The van der Waals surface area contributed by atoms with Crippen LogP contribution >= 0.6 is 0 Å². The number of nitrogens with zero attached hydrogens (tertiary/aromatic N) is 3. The van der Waals surface area contributed by atoms with Crippen LogP contribution in [0.15, 0.2) is 28.2 Å². The van der Waals surface area contributed by atoms with Crippen molar-refractivity contribution in [2.75, 3.05) is 13.1 Å². The van der Waals surface area contributed by atoms with Crippen LogP contribution < -0.4 is 10.6 Å². The first-order chi connectivity index (χ1) is 12.1. The summed E-state index contributed by atoms with van der Waals surface area (Å²) >= 11 is 0. The fourth-order valence-corrected chi connectivity index (χ4v) is 2.31. The number of rotatable bonds is 9. The number of carbonyl (C=O) groups is 3. The van der Waals surface area contributed by atoms with E-state index in [0.717, 1.165) is 18.2 Å². The van der Waals surface area contributed by atoms with Crippen LogP contribution in [0.4, 0.5) is 5.69 Å². The van der Waals surface area contributed by atoms with E-state index in [4.69, 9.17) is 15.2 Å². The summed E-state index contributed by atoms with van der Waals surface area (Å²) in [5.74, 6) is -2.34. The Morgan fingerprint density at radius 2 is 1.77 bits per heavy atom. The summed E-state index contributed by atoms with van der Waals surface area (Å²) < 4.78 is 31.5. The molecule has 2 amide bonds. The number of hydrogen-bond acceptors (Lipinski definition) is 6. The maximum absolute atomic E-state index is 12.0. The van der Waals surface area contributed by atoms with Crippen LogP contribution in [0, 0.1) is 0 Å². The van der Waals surface area contributed by atoms with Crippen molar-refractivity contribution < 1.29 is 32.5 Å². The molecule has 1 aromatic carbocycles. The molecule has 12 nitrogen and oxygen atoms in total. The normalized spacial score (nSPS) is 10.5. The van der Waals surface area contributed by atoms with Crippen LogP contribution in [0.5, 0.6) is 0 Å². The van der Waals surface area contributed by atoms with Gasteiger partial charge in [0.25, 0.3) is 16.0 Å². The Morgan fingerprint density at radius 3 is 2.35 bits per heavy atom. The van der Waals surface area contributed by atoms with E-state index < -0.39 is 32.8 Å². The van der Waals surface area contributed by atoms with E-state index in [1.807, 2.05) is 0 Å². The largest absolute Gasteiger partial charge is 0.481 e. The van der Waals surface area contributed by atoms with Crippen LogP contribution in [-0.2, 0) is 19.7 Å². The minimum atomic E-state index is -4.62. The highest BCUT2D eigenvalue weighted by Crippen LogP contribution is 2.21. The molecule has 13 heteroatoms. The molecule has 0 spiro atoms. The first kappa shape index (κ1) is 20.9. The van der Waals surface area contributed by atoms with Crippen molar-refractivity contribution in [2.24, 2.45) is 5.11 Å². The molecule has 0 fully saturated rings. The molecule has 0 aliphatic rings. The minimum Gasteiger partial charge on any atom is -0.481 e. The highest BCUT2D eigenvalue weighted by atomic mass is 32.2. The number of benzene rings is 1. The van der Waals surface area contributed by atoms with Gasteiger partial charge in [0.15, 0.2) is 0 Å². The summed E-state index contributed by atoms with van der Waals surface area (Å²) in [6.45, 7) is -0.00398. The Kier molecular flexibility index (Phi) is 7.52. The van der Waals surface area contributed by atoms with Crippen LogP contribution in [0.2, 0.25) is 0 Å². The van der Waals surface area contributed by atoms with Crippen molar-refractivity contribution >= 4 is 33.6 Å². The first-order valence-electron chi connectivity index (χ1n) is 7.08. The molecule has 0 unspecified atom stereocenters. The first-order valence-corrected chi connectivity index (χ1v) is 8.52. The van der Waals surface area contributed by atoms with E-state index in [1.165, 1.54) is 0 Å². The topological polar surface area (TPSA) is 199 Å². The molecule has 26 heavy (non-hydrogen) atoms. The summed E-state index contributed by atoms with van der Waals surface area (Å²) in [5.41, 5.74) is 8.05. The number of carboxylic acids is 1. The number of nitrogens with one attached hydrogen (secondary N) is 2. The smallest absolute Gasteiger partial charge is 0.303 e. The Bertz CT molecular complexity index is 862. The van der Waals surface area contributed by atoms with Crippen LogP contribution in [0.1, 0.15) is 23.2 Å². The van der Waals surface area contributed by atoms with Gasteiger partial charge in [-0.05, 0) is 23.7 Å². The fourth-order valence-electron chi connectivity index (χ4n) is 1.76. The molecule has 4 N–H and O–H groups in total. The molecule has 0 radical (unpaired) electrons. The zero-order chi connectivity index (χ0) is 19.7. The highest BCUT2D eigenvalue weighted by Gasteiger charge is 2.15. The van der Waals surface area contributed by atoms with Gasteiger partial charge < -0.3 is 15.7 Å². The average molecular weight is 385 g/mol. The number of aliphatic carboxylic acids is 1. The summed E-state index contributed by atoms with van der Waals surface area (Å²) in [4.78, 5) is 35.5. The van der Waals surface area contributed by atoms with Gasteiger partial charge in [0, 0.05) is 35.7 Å². The lowest BCUT2D eigenvalue weighted by Crippen LogP contribution is -2.34. The van der Waals surface area contributed by atoms with Crippen molar-refractivity contribution in [3.8, 4) is 0 Å². The Labute approximate surface area is 147 Å². The molecular weight excluding hydrogens is 370 g/mol. The third-order valence-electron chi connectivity index (χ3n) is 2.91. The van der Waals surface area contributed by atoms with Crippen molar-refractivity contribution in [3.05, 3.63) is 34.2 Å². The lowest BCUT2D eigenvalue weighted by molar-refractivity contribution is -0.138. The van der Waals surface area contributed by atoms with Crippen molar-refractivity contribution in [1.29, 1.82) is 0 Å². The molecule has 0 aliphatic carbocycles. The highest BCUT2D eigenvalue weighted by molar-refractivity contribution is 7.85. The summed E-state index contributed by atoms with van der Waals surface area (Å²) in [7, 11) is -4.62. The molecule has 0 aromatic heterocycles. The number of hydrogen-bond donors (Lipinski definition) is 4. The van der Waals surface area contributed by atoms with Crippen molar-refractivity contribution in [3.63, 3.8) is 0 Å². The van der Waals surface area contributed by atoms with Crippen LogP contribution in [0.3, 0.4) is 0 Å². The average Bonchev–Trinajstić information content (AvgIpc) is 2.56. The lowest BCUT2D eigenvalue weighted by atomic mass is 10.2. The van der Waals surface area contributed by atoms with E-state index >= 15 is 0 Å². The van der Waals surface area contributed by atoms with Crippen LogP contribution in [0.25, 0.3) is 10.4 Å². The third kappa shape index (κ3) is 7.17. The van der Waals surface area contributed by atoms with Crippen LogP contribution in [-0.4, -0.2) is 49.0 Å². The SMILES string of the molecule is [N-]=[N+]=Nc1cc(C(=O)NCCNC(=O)CCC(=O)O)cc(S(=O)(=O)O)c1. The van der Waals surface area contributed by atoms with Gasteiger partial charge in [-0.25, -0.2) is 0 Å². The second-order valence-electron chi connectivity index (χ2n) is 4.88. The number of azide groups is 1. The molecule has 0 bridgehead atoms. The van der Waals surface area contributed by atoms with Gasteiger partial charge in [-0.1, -0.05) is 5.11 Å². The number of amides is 2. The molecule has 1 rings (SSSR count). The summed E-state index contributed by atoms with van der Waals surface area (Å²) in [6.07, 6.45) is -0.516. The summed E-state index contributed by atoms with van der Waals surface area (Å²) in [5, 5.41) is 16.4. The second kappa shape index (κ2) is 9.36. The van der Waals surface area contributed by atoms with Gasteiger partial charge in [-0.2, -0.15) is 8.42 Å². The van der Waals surface area contributed by atoms with Gasteiger partial charge >= 0.3 is 5.97 Å². The maximum Gasteiger partial charge on any atom is 0.303 e. The Hall–Kier alpha value is -3.15. The molecule has 0 saturated carbocycles. The molecular formula is C13H15N5O7S. The van der Waals surface area contributed by atoms with E-state index in [9.17, 15) is 22.8 Å². The molecule has 0 atom stereocenters. The number of carboxylic acid groups (broad SMARTS) is 1. The zero-order valence-corrected chi connectivity index (χ0v) is 14.1. The molecule has 140 valence electrons. The zero-order valence-electron chi connectivity index (χ0n) is 13.2. The predicted molar refractivity (Wildman–Crippen MR) is 87.3 cm³/mol. The Morgan fingerprint density at radius 1 is 1.12 bits per heavy atom. The maximum atomic E-state index is 12.0. The van der Waals surface area contributed by atoms with E-state index in [0.29, 0.717) is 0 Å². The van der Waals surface area contributed by atoms with E-state index in [2.05, 4.69) is 20.7 Å².